The van der Waals surface area contributed by atoms with Crippen molar-refractivity contribution in [3.8, 4) is 17.0 Å². The smallest absolute Gasteiger partial charge is 0.180 e. The van der Waals surface area contributed by atoms with E-state index in [0.29, 0.717) is 0 Å². The summed E-state index contributed by atoms with van der Waals surface area (Å²) in [6.45, 7) is 2.15. The number of hydrogen-bond donors (Lipinski definition) is 0. The van der Waals surface area contributed by atoms with Crippen molar-refractivity contribution >= 4 is 5.65 Å². The molecule has 0 saturated heterocycles. The molecule has 0 aliphatic carbocycles. The Morgan fingerprint density at radius 2 is 1.89 bits per heavy atom. The lowest BCUT2D eigenvalue weighted by molar-refractivity contribution is 0.417. The van der Waals surface area contributed by atoms with E-state index < -0.39 is 0 Å². The zero-order valence-electron chi connectivity index (χ0n) is 11.1. The number of methoxy groups -OCH3 is 1. The number of nitrogens with zero attached hydrogens (tertiary/aromatic N) is 2. The molecule has 3 heteroatoms. The molecule has 0 aliphatic rings. The summed E-state index contributed by atoms with van der Waals surface area (Å²) in [5.41, 5.74) is 4.26. The number of fused-ring (bicyclic) bond motifs is 1. The van der Waals surface area contributed by atoms with Crippen molar-refractivity contribution in [3.05, 3.63) is 54.4 Å². The van der Waals surface area contributed by atoms with Crippen LogP contribution in [0, 0.1) is 0 Å². The fourth-order valence-electron chi connectivity index (χ4n) is 2.42. The van der Waals surface area contributed by atoms with Crippen LogP contribution < -0.4 is 4.74 Å². The first-order chi connectivity index (χ1) is 9.35. The molecule has 2 heterocycles. The highest BCUT2D eigenvalue weighted by atomic mass is 16.5. The number of pyridine rings is 1. The number of benzene rings is 1. The van der Waals surface area contributed by atoms with Gasteiger partial charge in [-0.05, 0) is 18.6 Å². The number of imidazole rings is 1. The molecule has 0 saturated carbocycles. The van der Waals surface area contributed by atoms with Gasteiger partial charge in [0.15, 0.2) is 11.4 Å². The van der Waals surface area contributed by atoms with E-state index in [9.17, 15) is 0 Å². The number of aromatic nitrogens is 2. The minimum atomic E-state index is 0.805. The summed E-state index contributed by atoms with van der Waals surface area (Å²) in [5, 5.41) is 0. The van der Waals surface area contributed by atoms with Gasteiger partial charge in [0, 0.05) is 11.8 Å². The maximum atomic E-state index is 5.39. The molecule has 0 amide bonds. The maximum Gasteiger partial charge on any atom is 0.180 e. The number of rotatable bonds is 3. The van der Waals surface area contributed by atoms with Crippen molar-refractivity contribution in [2.75, 3.05) is 7.11 Å². The molecule has 0 fully saturated rings. The topological polar surface area (TPSA) is 26.5 Å². The second-order valence-corrected chi connectivity index (χ2v) is 4.40. The summed E-state index contributed by atoms with van der Waals surface area (Å²) in [7, 11) is 1.68. The molecule has 0 spiro atoms. The van der Waals surface area contributed by atoms with Gasteiger partial charge in [-0.1, -0.05) is 37.3 Å². The molecule has 3 nitrogen and oxygen atoms in total. The third-order valence-electron chi connectivity index (χ3n) is 3.32. The van der Waals surface area contributed by atoms with Gasteiger partial charge in [0.05, 0.1) is 18.5 Å². The number of aryl methyl sites for hydroxylation is 1. The molecular formula is C16H16N2O. The Labute approximate surface area is 112 Å². The van der Waals surface area contributed by atoms with Gasteiger partial charge in [0.25, 0.3) is 0 Å². The van der Waals surface area contributed by atoms with Crippen LogP contribution in [0.15, 0.2) is 48.7 Å². The van der Waals surface area contributed by atoms with Crippen molar-refractivity contribution in [3.63, 3.8) is 0 Å². The van der Waals surface area contributed by atoms with Crippen LogP contribution in [0.25, 0.3) is 16.9 Å². The first kappa shape index (κ1) is 11.8. The molecule has 0 bridgehead atoms. The quantitative estimate of drug-likeness (QED) is 0.712. The van der Waals surface area contributed by atoms with Crippen LogP contribution in [-0.4, -0.2) is 16.5 Å². The van der Waals surface area contributed by atoms with Crippen molar-refractivity contribution in [1.29, 1.82) is 0 Å². The summed E-state index contributed by atoms with van der Waals surface area (Å²) in [6.07, 6.45) is 2.97. The molecule has 0 unspecified atom stereocenters. The molecule has 96 valence electrons. The Morgan fingerprint density at radius 1 is 1.11 bits per heavy atom. The van der Waals surface area contributed by atoms with E-state index in [1.165, 1.54) is 5.69 Å². The summed E-state index contributed by atoms with van der Waals surface area (Å²) in [6, 6.07) is 14.2. The monoisotopic (exact) mass is 252 g/mol. The van der Waals surface area contributed by atoms with Crippen LogP contribution in [0.3, 0.4) is 0 Å². The Balaban J connectivity index is 2.31. The van der Waals surface area contributed by atoms with Gasteiger partial charge >= 0.3 is 0 Å². The van der Waals surface area contributed by atoms with E-state index >= 15 is 0 Å². The predicted octanol–water partition coefficient (Wildman–Crippen LogP) is 3.57. The van der Waals surface area contributed by atoms with E-state index in [1.54, 1.807) is 7.11 Å². The minimum absolute atomic E-state index is 0.805. The first-order valence-electron chi connectivity index (χ1n) is 6.44. The highest BCUT2D eigenvalue weighted by Gasteiger charge is 2.14. The highest BCUT2D eigenvalue weighted by Crippen LogP contribution is 2.28. The van der Waals surface area contributed by atoms with Crippen molar-refractivity contribution < 1.29 is 4.74 Å². The molecule has 0 atom stereocenters. The van der Waals surface area contributed by atoms with Crippen LogP contribution >= 0.6 is 0 Å². The highest BCUT2D eigenvalue weighted by molar-refractivity contribution is 5.69. The molecule has 0 radical (unpaired) electrons. The third kappa shape index (κ3) is 1.87. The van der Waals surface area contributed by atoms with E-state index in [2.05, 4.69) is 23.5 Å². The molecule has 2 aromatic heterocycles. The van der Waals surface area contributed by atoms with Gasteiger partial charge in [-0.25, -0.2) is 4.98 Å². The zero-order valence-corrected chi connectivity index (χ0v) is 11.1. The van der Waals surface area contributed by atoms with Gasteiger partial charge in [0.1, 0.15) is 0 Å². The van der Waals surface area contributed by atoms with Gasteiger partial charge < -0.3 is 9.14 Å². The molecule has 19 heavy (non-hydrogen) atoms. The van der Waals surface area contributed by atoms with Crippen LogP contribution in [0.5, 0.6) is 5.75 Å². The van der Waals surface area contributed by atoms with Gasteiger partial charge in [-0.3, -0.25) is 0 Å². The normalized spacial score (nSPS) is 10.8. The van der Waals surface area contributed by atoms with Crippen LogP contribution in [0.4, 0.5) is 0 Å². The molecule has 3 aromatic rings. The Bertz CT molecular complexity index is 701. The largest absolute Gasteiger partial charge is 0.493 e. The second kappa shape index (κ2) is 4.76. The van der Waals surface area contributed by atoms with E-state index in [0.717, 1.165) is 29.1 Å². The second-order valence-electron chi connectivity index (χ2n) is 4.40. The van der Waals surface area contributed by atoms with E-state index in [-0.39, 0.29) is 0 Å². The van der Waals surface area contributed by atoms with E-state index in [4.69, 9.17) is 9.72 Å². The molecule has 1 aromatic carbocycles. The summed E-state index contributed by atoms with van der Waals surface area (Å²) in [4.78, 5) is 4.76. The molecule has 3 rings (SSSR count). The van der Waals surface area contributed by atoms with Crippen LogP contribution in [-0.2, 0) is 6.42 Å². The van der Waals surface area contributed by atoms with Crippen molar-refractivity contribution in [2.45, 2.75) is 13.3 Å². The minimum Gasteiger partial charge on any atom is -0.493 e. The Kier molecular flexibility index (Phi) is 2.95. The molecule has 0 aliphatic heterocycles. The van der Waals surface area contributed by atoms with Crippen LogP contribution in [0.2, 0.25) is 0 Å². The zero-order chi connectivity index (χ0) is 13.2. The molecule has 0 N–H and O–H groups in total. The lowest BCUT2D eigenvalue weighted by atomic mass is 10.1. The van der Waals surface area contributed by atoms with Gasteiger partial charge in [0.2, 0.25) is 0 Å². The standard InChI is InChI=1S/C16H16N2O/c1-3-13-15(12-8-5-4-6-9-12)17-16-14(19-2)10-7-11-18(13)16/h4-11H,3H2,1-2H3. The lowest BCUT2D eigenvalue weighted by Gasteiger charge is -2.03. The average Bonchev–Trinajstić information content (AvgIpc) is 2.86. The summed E-state index contributed by atoms with van der Waals surface area (Å²) in [5.74, 6) is 0.805. The lowest BCUT2D eigenvalue weighted by Crippen LogP contribution is -1.93. The van der Waals surface area contributed by atoms with Crippen LogP contribution in [0.1, 0.15) is 12.6 Å². The van der Waals surface area contributed by atoms with E-state index in [1.807, 2.05) is 36.5 Å². The number of hydrogen-bond acceptors (Lipinski definition) is 2. The Hall–Kier alpha value is -2.29. The average molecular weight is 252 g/mol. The summed E-state index contributed by atoms with van der Waals surface area (Å²) >= 11 is 0. The molecular weight excluding hydrogens is 236 g/mol. The SMILES string of the molecule is CCc1c(-c2ccccc2)nc2c(OC)cccn12. The van der Waals surface area contributed by atoms with Crippen molar-refractivity contribution in [2.24, 2.45) is 0 Å². The van der Waals surface area contributed by atoms with Gasteiger partial charge in [-0.15, -0.1) is 0 Å². The fraction of sp³-hybridized carbons (Fsp3) is 0.188. The predicted molar refractivity (Wildman–Crippen MR) is 76.6 cm³/mol. The van der Waals surface area contributed by atoms with Crippen molar-refractivity contribution in [1.82, 2.24) is 9.38 Å². The van der Waals surface area contributed by atoms with Gasteiger partial charge in [-0.2, -0.15) is 0 Å². The Morgan fingerprint density at radius 3 is 2.58 bits per heavy atom. The fourth-order valence-corrected chi connectivity index (χ4v) is 2.42. The maximum absolute atomic E-state index is 5.39. The third-order valence-corrected chi connectivity index (χ3v) is 3.32. The summed E-state index contributed by atoms with van der Waals surface area (Å²) < 4.78 is 7.51. The first-order valence-corrected chi connectivity index (χ1v) is 6.44. The number of ether oxygens (including phenoxy) is 1.